The van der Waals surface area contributed by atoms with E-state index in [0.29, 0.717) is 64.7 Å². The monoisotopic (exact) mass is 766 g/mol. The van der Waals surface area contributed by atoms with Crippen LogP contribution in [0, 0.1) is 0 Å². The molecule has 0 unspecified atom stereocenters. The number of nitrogens with one attached hydrogen (secondary N) is 3. The quantitative estimate of drug-likeness (QED) is 0.0680. The summed E-state index contributed by atoms with van der Waals surface area (Å²) in [6.07, 6.45) is 6.94. The third-order valence-electron chi connectivity index (χ3n) is 9.09. The number of benzene rings is 1. The minimum Gasteiger partial charge on any atom is -0.496 e. The predicted molar refractivity (Wildman–Crippen MR) is 210 cm³/mol. The molecule has 0 saturated carbocycles. The van der Waals surface area contributed by atoms with Crippen molar-refractivity contribution in [3.63, 3.8) is 0 Å². The number of amides is 2. The lowest BCUT2D eigenvalue weighted by atomic mass is 10.1. The molecule has 17 nitrogen and oxygen atoms in total. The summed E-state index contributed by atoms with van der Waals surface area (Å²) in [4.78, 5) is 48.1. The van der Waals surface area contributed by atoms with Crippen molar-refractivity contribution in [3.8, 4) is 5.75 Å². The van der Waals surface area contributed by atoms with Gasteiger partial charge in [0.25, 0.3) is 0 Å². The summed E-state index contributed by atoms with van der Waals surface area (Å²) >= 11 is 0. The standard InChI is InChI=1S/C38H58N10O7/c1-3-4-5-12-42-37-36-31(44-38(40)45-37)10-14-48(36)27-29-7-6-28(23-32(29)53-2)26-46-15-17-47(18-16-46)34(50)11-19-54-21-22-55-20-13-41-24-30(39)25-43-33(49)8-9-35(51)52/h6-7,10,14,23-24,41H,3-5,8-9,11-13,15-22,25-27,39H2,1-2H3,(H,43,49)(H,51,52)(H3,40,42,44,45)/b30-24-. The Hall–Kier alpha value is -5.13. The topological polar surface area (TPSA) is 224 Å². The molecule has 1 aliphatic rings. The molecule has 17 heteroatoms. The zero-order valence-corrected chi connectivity index (χ0v) is 32.2. The lowest BCUT2D eigenvalue weighted by Gasteiger charge is -2.35. The number of rotatable bonds is 25. The molecule has 0 aliphatic carbocycles. The summed E-state index contributed by atoms with van der Waals surface area (Å²) < 4.78 is 19.1. The van der Waals surface area contributed by atoms with Crippen molar-refractivity contribution < 1.29 is 33.7 Å². The fourth-order valence-electron chi connectivity index (χ4n) is 6.11. The van der Waals surface area contributed by atoms with Crippen molar-refractivity contribution in [3.05, 3.63) is 53.5 Å². The Morgan fingerprint density at radius 2 is 1.73 bits per heavy atom. The second kappa shape index (κ2) is 22.9. The molecule has 2 aromatic heterocycles. The highest BCUT2D eigenvalue weighted by molar-refractivity contribution is 5.87. The Kier molecular flexibility index (Phi) is 17.8. The number of nitrogens with two attached hydrogens (primary N) is 2. The number of carbonyl (C=O) groups excluding carboxylic acids is 2. The van der Waals surface area contributed by atoms with Crippen LogP contribution < -0.4 is 32.2 Å². The number of nitrogen functional groups attached to an aromatic ring is 1. The molecule has 1 aliphatic heterocycles. The Morgan fingerprint density at radius 1 is 0.945 bits per heavy atom. The van der Waals surface area contributed by atoms with E-state index in [4.69, 9.17) is 30.8 Å². The first-order chi connectivity index (χ1) is 26.7. The van der Waals surface area contributed by atoms with Gasteiger partial charge in [-0.05, 0) is 24.1 Å². The molecule has 0 spiro atoms. The largest absolute Gasteiger partial charge is 0.496 e. The molecule has 0 bridgehead atoms. The number of fused-ring (bicyclic) bond motifs is 1. The van der Waals surface area contributed by atoms with Crippen LogP contribution in [0.2, 0.25) is 0 Å². The maximum Gasteiger partial charge on any atom is 0.303 e. The number of ether oxygens (including phenoxy) is 3. The van der Waals surface area contributed by atoms with Gasteiger partial charge in [-0.2, -0.15) is 4.98 Å². The summed E-state index contributed by atoms with van der Waals surface area (Å²) in [5.74, 6) is 0.507. The Balaban J connectivity index is 1.10. The summed E-state index contributed by atoms with van der Waals surface area (Å²) in [6.45, 7) is 9.44. The normalized spacial score (nSPS) is 13.6. The number of aromatic nitrogens is 3. The molecular formula is C38H58N10O7. The molecule has 1 fully saturated rings. The molecule has 1 aromatic carbocycles. The summed E-state index contributed by atoms with van der Waals surface area (Å²) in [7, 11) is 1.70. The van der Waals surface area contributed by atoms with Gasteiger partial charge in [-0.1, -0.05) is 31.9 Å². The molecule has 0 atom stereocenters. The number of hydrogen-bond acceptors (Lipinski definition) is 13. The number of carboxylic acid groups (broad SMARTS) is 1. The average Bonchev–Trinajstić information content (AvgIpc) is 3.58. The molecule has 302 valence electrons. The summed E-state index contributed by atoms with van der Waals surface area (Å²) in [5, 5.41) is 17.6. The molecule has 8 N–H and O–H groups in total. The van der Waals surface area contributed by atoms with Gasteiger partial charge in [0.05, 0.1) is 65.0 Å². The SMILES string of the molecule is CCCCCNc1nc(N)nc2ccn(Cc3ccc(CN4CCN(C(=O)CCOCCOCCN/C=C(\N)CNC(=O)CCC(=O)O)CC4)cc3OC)c12. The van der Waals surface area contributed by atoms with E-state index in [2.05, 4.69) is 60.5 Å². The first-order valence-corrected chi connectivity index (χ1v) is 19.0. The second-order valence-corrected chi connectivity index (χ2v) is 13.4. The van der Waals surface area contributed by atoms with Crippen LogP contribution in [0.3, 0.4) is 0 Å². The maximum absolute atomic E-state index is 12.8. The van der Waals surface area contributed by atoms with Gasteiger partial charge in [0.1, 0.15) is 11.3 Å². The van der Waals surface area contributed by atoms with Crippen molar-refractivity contribution in [1.82, 2.24) is 35.0 Å². The van der Waals surface area contributed by atoms with Crippen LogP contribution in [0.15, 0.2) is 42.4 Å². The van der Waals surface area contributed by atoms with E-state index < -0.39 is 5.97 Å². The van der Waals surface area contributed by atoms with Crippen LogP contribution in [0.5, 0.6) is 5.75 Å². The fourth-order valence-corrected chi connectivity index (χ4v) is 6.11. The van der Waals surface area contributed by atoms with Gasteiger partial charge >= 0.3 is 5.97 Å². The lowest BCUT2D eigenvalue weighted by Crippen LogP contribution is -2.48. The Bertz CT molecular complexity index is 1710. The van der Waals surface area contributed by atoms with Crippen LogP contribution in [0.25, 0.3) is 11.0 Å². The molecule has 3 aromatic rings. The van der Waals surface area contributed by atoms with E-state index >= 15 is 0 Å². The van der Waals surface area contributed by atoms with Gasteiger partial charge in [-0.3, -0.25) is 19.3 Å². The van der Waals surface area contributed by atoms with Gasteiger partial charge in [-0.15, -0.1) is 0 Å². The van der Waals surface area contributed by atoms with E-state index in [1.807, 2.05) is 17.2 Å². The zero-order valence-electron chi connectivity index (χ0n) is 32.2. The Morgan fingerprint density at radius 3 is 2.47 bits per heavy atom. The van der Waals surface area contributed by atoms with Crippen LogP contribution in [-0.2, 0) is 36.9 Å². The highest BCUT2D eigenvalue weighted by Crippen LogP contribution is 2.27. The predicted octanol–water partition coefficient (Wildman–Crippen LogP) is 2.11. The van der Waals surface area contributed by atoms with Gasteiger partial charge in [0.2, 0.25) is 17.8 Å². The first-order valence-electron chi connectivity index (χ1n) is 19.0. The van der Waals surface area contributed by atoms with E-state index in [9.17, 15) is 14.4 Å². The number of aliphatic carboxylic acids is 1. The van der Waals surface area contributed by atoms with E-state index in [0.717, 1.165) is 79.2 Å². The third-order valence-corrected chi connectivity index (χ3v) is 9.09. The van der Waals surface area contributed by atoms with Crippen molar-refractivity contribution in [2.75, 3.05) is 90.4 Å². The third kappa shape index (κ3) is 14.6. The number of carboxylic acids is 1. The van der Waals surface area contributed by atoms with Crippen molar-refractivity contribution in [2.24, 2.45) is 5.73 Å². The molecule has 3 heterocycles. The molecular weight excluding hydrogens is 708 g/mol. The minimum absolute atomic E-state index is 0.0863. The molecule has 2 amide bonds. The number of nitrogens with zero attached hydrogens (tertiary/aromatic N) is 5. The molecule has 55 heavy (non-hydrogen) atoms. The molecule has 0 radical (unpaired) electrons. The number of hydrogen-bond donors (Lipinski definition) is 6. The minimum atomic E-state index is -1.02. The summed E-state index contributed by atoms with van der Waals surface area (Å²) in [6, 6.07) is 8.32. The number of carbonyl (C=O) groups is 3. The fraction of sp³-hybridized carbons (Fsp3) is 0.553. The van der Waals surface area contributed by atoms with Gasteiger partial charge in [-0.25, -0.2) is 4.98 Å². The van der Waals surface area contributed by atoms with E-state index in [-0.39, 0.29) is 37.1 Å². The van der Waals surface area contributed by atoms with Crippen molar-refractivity contribution in [2.45, 2.75) is 58.5 Å². The highest BCUT2D eigenvalue weighted by atomic mass is 16.5. The number of unbranched alkanes of at least 4 members (excludes halogenated alkanes) is 2. The number of piperazine rings is 1. The van der Waals surface area contributed by atoms with E-state index in [1.165, 1.54) is 0 Å². The number of anilines is 2. The van der Waals surface area contributed by atoms with Gasteiger partial charge in [0, 0.05) is 75.9 Å². The van der Waals surface area contributed by atoms with Crippen molar-refractivity contribution >= 4 is 40.6 Å². The van der Waals surface area contributed by atoms with Crippen LogP contribution in [0.4, 0.5) is 11.8 Å². The van der Waals surface area contributed by atoms with Crippen LogP contribution >= 0.6 is 0 Å². The zero-order chi connectivity index (χ0) is 39.4. The van der Waals surface area contributed by atoms with Gasteiger partial charge < -0.3 is 56.2 Å². The second-order valence-electron chi connectivity index (χ2n) is 13.4. The average molecular weight is 767 g/mol. The summed E-state index contributed by atoms with van der Waals surface area (Å²) in [5.41, 5.74) is 16.1. The first kappa shape index (κ1) is 42.6. The van der Waals surface area contributed by atoms with Crippen molar-refractivity contribution in [1.29, 1.82) is 0 Å². The smallest absolute Gasteiger partial charge is 0.303 e. The van der Waals surface area contributed by atoms with Crippen LogP contribution in [-0.4, -0.2) is 127 Å². The maximum atomic E-state index is 12.8. The number of methoxy groups -OCH3 is 1. The molecule has 4 rings (SSSR count). The Labute approximate surface area is 322 Å². The lowest BCUT2D eigenvalue weighted by molar-refractivity contribution is -0.138. The van der Waals surface area contributed by atoms with Crippen LogP contribution in [0.1, 0.15) is 56.6 Å². The highest BCUT2D eigenvalue weighted by Gasteiger charge is 2.21. The van der Waals surface area contributed by atoms with Gasteiger partial charge in [0.15, 0.2) is 5.82 Å². The van der Waals surface area contributed by atoms with E-state index in [1.54, 1.807) is 13.3 Å². The molecule has 1 saturated heterocycles.